The summed E-state index contributed by atoms with van der Waals surface area (Å²) in [4.78, 5) is 0. The molecular formula is C13H9Br2FO. The van der Waals surface area contributed by atoms with Gasteiger partial charge in [0.2, 0.25) is 0 Å². The third-order valence-corrected chi connectivity index (χ3v) is 3.76. The van der Waals surface area contributed by atoms with Crippen LogP contribution in [0.1, 0.15) is 0 Å². The monoisotopic (exact) mass is 358 g/mol. The maximum absolute atomic E-state index is 13.9. The minimum absolute atomic E-state index is 0.270. The lowest BCUT2D eigenvalue weighted by molar-refractivity contribution is 0.415. The summed E-state index contributed by atoms with van der Waals surface area (Å²) in [7, 11) is 1.59. The van der Waals surface area contributed by atoms with Crippen LogP contribution in [-0.2, 0) is 0 Å². The molecule has 17 heavy (non-hydrogen) atoms. The van der Waals surface area contributed by atoms with Crippen molar-refractivity contribution >= 4 is 31.9 Å². The van der Waals surface area contributed by atoms with Crippen LogP contribution < -0.4 is 4.74 Å². The summed E-state index contributed by atoms with van der Waals surface area (Å²) >= 11 is 6.78. The van der Waals surface area contributed by atoms with E-state index in [0.717, 1.165) is 10.0 Å². The Balaban J connectivity index is 2.67. The third-order valence-electron chi connectivity index (χ3n) is 2.41. The van der Waals surface area contributed by atoms with E-state index in [9.17, 15) is 4.39 Å². The van der Waals surface area contributed by atoms with E-state index in [2.05, 4.69) is 31.9 Å². The normalized spacial score (nSPS) is 10.4. The van der Waals surface area contributed by atoms with E-state index in [1.54, 1.807) is 19.2 Å². The van der Waals surface area contributed by atoms with Gasteiger partial charge in [0.05, 0.1) is 7.11 Å². The first kappa shape index (κ1) is 12.6. The van der Waals surface area contributed by atoms with Gasteiger partial charge in [-0.1, -0.05) is 37.9 Å². The minimum Gasteiger partial charge on any atom is -0.497 e. The van der Waals surface area contributed by atoms with Gasteiger partial charge in [0.1, 0.15) is 11.6 Å². The molecule has 4 heteroatoms. The molecule has 0 N–H and O–H groups in total. The molecule has 0 spiro atoms. The molecule has 1 nitrogen and oxygen atoms in total. The Hall–Kier alpha value is -0.870. The van der Waals surface area contributed by atoms with Crippen molar-refractivity contribution in [2.75, 3.05) is 7.11 Å². The lowest BCUT2D eigenvalue weighted by atomic mass is 10.0. The van der Waals surface area contributed by atoms with Gasteiger partial charge in [0.15, 0.2) is 0 Å². The average molecular weight is 360 g/mol. The van der Waals surface area contributed by atoms with Gasteiger partial charge in [-0.15, -0.1) is 0 Å². The standard InChI is InChI=1S/C13H9Br2FO/c1-17-8-5-6-10(14)9(7-8)13-11(15)3-2-4-12(13)16/h2-7H,1H3. The molecule has 0 saturated carbocycles. The van der Waals surface area contributed by atoms with Gasteiger partial charge in [0.25, 0.3) is 0 Å². The number of ether oxygens (including phenoxy) is 1. The highest BCUT2D eigenvalue weighted by Crippen LogP contribution is 2.37. The summed E-state index contributed by atoms with van der Waals surface area (Å²) in [5, 5.41) is 0. The van der Waals surface area contributed by atoms with E-state index in [0.29, 0.717) is 15.8 Å². The largest absolute Gasteiger partial charge is 0.497 e. The average Bonchev–Trinajstić information content (AvgIpc) is 2.31. The lowest BCUT2D eigenvalue weighted by Gasteiger charge is -2.10. The number of methoxy groups -OCH3 is 1. The lowest BCUT2D eigenvalue weighted by Crippen LogP contribution is -1.89. The fourth-order valence-electron chi connectivity index (χ4n) is 1.58. The molecule has 2 rings (SSSR count). The van der Waals surface area contributed by atoms with Crippen molar-refractivity contribution in [3.8, 4) is 16.9 Å². The maximum Gasteiger partial charge on any atom is 0.132 e. The van der Waals surface area contributed by atoms with E-state index >= 15 is 0 Å². The smallest absolute Gasteiger partial charge is 0.132 e. The highest BCUT2D eigenvalue weighted by Gasteiger charge is 2.13. The summed E-state index contributed by atoms with van der Waals surface area (Å²) in [6.45, 7) is 0. The molecule has 88 valence electrons. The van der Waals surface area contributed by atoms with Crippen LogP contribution >= 0.6 is 31.9 Å². The second-order valence-electron chi connectivity index (χ2n) is 3.44. The highest BCUT2D eigenvalue weighted by atomic mass is 79.9. The molecule has 2 aromatic rings. The van der Waals surface area contributed by atoms with Crippen LogP contribution in [-0.4, -0.2) is 7.11 Å². The van der Waals surface area contributed by atoms with E-state index in [-0.39, 0.29) is 5.82 Å². The van der Waals surface area contributed by atoms with Crippen LogP contribution in [0.3, 0.4) is 0 Å². The third kappa shape index (κ3) is 2.53. The Morgan fingerprint density at radius 3 is 2.47 bits per heavy atom. The molecule has 0 aliphatic carbocycles. The van der Waals surface area contributed by atoms with Crippen molar-refractivity contribution in [2.45, 2.75) is 0 Å². The number of halogens is 3. The van der Waals surface area contributed by atoms with Crippen molar-refractivity contribution in [1.82, 2.24) is 0 Å². The Morgan fingerprint density at radius 2 is 1.82 bits per heavy atom. The number of hydrogen-bond acceptors (Lipinski definition) is 1. The van der Waals surface area contributed by atoms with Gasteiger partial charge >= 0.3 is 0 Å². The van der Waals surface area contributed by atoms with Crippen LogP contribution in [0.4, 0.5) is 4.39 Å². The van der Waals surface area contributed by atoms with E-state index in [4.69, 9.17) is 4.74 Å². The molecule has 0 aliphatic rings. The molecule has 0 saturated heterocycles. The Kier molecular flexibility index (Phi) is 3.84. The van der Waals surface area contributed by atoms with Crippen LogP contribution in [0.2, 0.25) is 0 Å². The molecule has 0 aromatic heterocycles. The van der Waals surface area contributed by atoms with Crippen LogP contribution in [0, 0.1) is 5.82 Å². The molecule has 0 heterocycles. The zero-order valence-electron chi connectivity index (χ0n) is 9.01. The first-order valence-corrected chi connectivity index (χ1v) is 6.50. The van der Waals surface area contributed by atoms with E-state index in [1.165, 1.54) is 6.07 Å². The zero-order chi connectivity index (χ0) is 12.4. The summed E-state index contributed by atoms with van der Waals surface area (Å²) < 4.78 is 20.6. The fourth-order valence-corrected chi connectivity index (χ4v) is 2.58. The molecule has 0 amide bonds. The van der Waals surface area contributed by atoms with Gasteiger partial charge in [-0.25, -0.2) is 4.39 Å². The number of hydrogen-bond donors (Lipinski definition) is 0. The van der Waals surface area contributed by atoms with Crippen LogP contribution in [0.25, 0.3) is 11.1 Å². The van der Waals surface area contributed by atoms with Gasteiger partial charge in [0, 0.05) is 20.1 Å². The van der Waals surface area contributed by atoms with Crippen molar-refractivity contribution in [3.63, 3.8) is 0 Å². The molecule has 0 unspecified atom stereocenters. The fraction of sp³-hybridized carbons (Fsp3) is 0.0769. The molecular weight excluding hydrogens is 351 g/mol. The summed E-state index contributed by atoms with van der Waals surface area (Å²) in [6, 6.07) is 10.4. The second-order valence-corrected chi connectivity index (χ2v) is 5.15. The summed E-state index contributed by atoms with van der Waals surface area (Å²) in [6.07, 6.45) is 0. The predicted molar refractivity (Wildman–Crippen MR) is 73.8 cm³/mol. The molecule has 0 fully saturated rings. The second kappa shape index (κ2) is 5.19. The van der Waals surface area contributed by atoms with E-state index in [1.807, 2.05) is 18.2 Å². The van der Waals surface area contributed by atoms with Crippen LogP contribution in [0.15, 0.2) is 45.3 Å². The Morgan fingerprint density at radius 1 is 1.06 bits per heavy atom. The van der Waals surface area contributed by atoms with Crippen LogP contribution in [0.5, 0.6) is 5.75 Å². The molecule has 2 aromatic carbocycles. The van der Waals surface area contributed by atoms with E-state index < -0.39 is 0 Å². The zero-order valence-corrected chi connectivity index (χ0v) is 12.2. The highest BCUT2D eigenvalue weighted by molar-refractivity contribution is 9.11. The van der Waals surface area contributed by atoms with Gasteiger partial charge < -0.3 is 4.74 Å². The van der Waals surface area contributed by atoms with Gasteiger partial charge in [-0.3, -0.25) is 0 Å². The molecule has 0 aliphatic heterocycles. The summed E-state index contributed by atoms with van der Waals surface area (Å²) in [5.41, 5.74) is 1.28. The molecule has 0 bridgehead atoms. The maximum atomic E-state index is 13.9. The van der Waals surface area contributed by atoms with Gasteiger partial charge in [-0.2, -0.15) is 0 Å². The first-order valence-electron chi connectivity index (χ1n) is 4.91. The SMILES string of the molecule is COc1ccc(Br)c(-c2c(F)cccc2Br)c1. The number of benzene rings is 2. The summed E-state index contributed by atoms with van der Waals surface area (Å²) in [5.74, 6) is 0.423. The van der Waals surface area contributed by atoms with Crippen molar-refractivity contribution in [1.29, 1.82) is 0 Å². The predicted octanol–water partition coefficient (Wildman–Crippen LogP) is 5.03. The topological polar surface area (TPSA) is 9.23 Å². The van der Waals surface area contributed by atoms with Crippen molar-refractivity contribution in [3.05, 3.63) is 51.2 Å². The number of rotatable bonds is 2. The Labute approximate surface area is 116 Å². The van der Waals surface area contributed by atoms with Crippen molar-refractivity contribution < 1.29 is 9.13 Å². The Bertz CT molecular complexity index is 535. The molecule has 0 radical (unpaired) electrons. The van der Waals surface area contributed by atoms with Gasteiger partial charge in [-0.05, 0) is 30.3 Å². The first-order chi connectivity index (χ1) is 8.13. The quantitative estimate of drug-likeness (QED) is 0.730. The minimum atomic E-state index is -0.270. The van der Waals surface area contributed by atoms with Crippen molar-refractivity contribution in [2.24, 2.45) is 0 Å². The molecule has 0 atom stereocenters.